The number of carbonyl (C=O) groups is 4. The topological polar surface area (TPSA) is 111 Å². The van der Waals surface area contributed by atoms with Crippen LogP contribution in [0.3, 0.4) is 0 Å². The van der Waals surface area contributed by atoms with Crippen LogP contribution in [0.25, 0.3) is 6.08 Å². The van der Waals surface area contributed by atoms with Crippen molar-refractivity contribution in [2.45, 2.75) is 20.8 Å². The van der Waals surface area contributed by atoms with Crippen molar-refractivity contribution < 1.29 is 33.4 Å². The number of esters is 1. The number of thioether (sulfide) groups is 1. The lowest BCUT2D eigenvalue weighted by Crippen LogP contribution is -2.36. The second-order valence-corrected chi connectivity index (χ2v) is 9.75. The van der Waals surface area contributed by atoms with Gasteiger partial charge >= 0.3 is 5.97 Å². The summed E-state index contributed by atoms with van der Waals surface area (Å²) in [5.74, 6) is -0.422. The van der Waals surface area contributed by atoms with Gasteiger partial charge in [0, 0.05) is 5.69 Å². The Balaban J connectivity index is 1.69. The summed E-state index contributed by atoms with van der Waals surface area (Å²) in [7, 11) is 1.52. The lowest BCUT2D eigenvalue weighted by atomic mass is 10.1. The van der Waals surface area contributed by atoms with E-state index in [0.717, 1.165) is 16.7 Å². The number of amides is 3. The maximum Gasteiger partial charge on any atom is 0.339 e. The van der Waals surface area contributed by atoms with Gasteiger partial charge in [-0.05, 0) is 66.6 Å². The Hall–Kier alpha value is -3.50. The molecule has 1 aliphatic rings. The van der Waals surface area contributed by atoms with E-state index in [1.165, 1.54) is 25.3 Å². The van der Waals surface area contributed by atoms with E-state index in [1.54, 1.807) is 31.2 Å². The molecule has 1 aliphatic heterocycles. The first-order valence-electron chi connectivity index (χ1n) is 11.5. The standard InChI is InChI=1S/C26H27ClN2O7S/c1-5-35-25(32)18-12-17(7-8-19(18)27)28-23(30)13-29-24(31)22(37-26(29)33)11-16-6-9-20(21(10-16)34-4)36-14-15(2)3/h6-12,15H,5,13-14H2,1-4H3,(H,28,30)/b22-11-. The molecule has 1 heterocycles. The van der Waals surface area contributed by atoms with Gasteiger partial charge in [0.1, 0.15) is 6.54 Å². The van der Waals surface area contributed by atoms with Crippen LogP contribution in [0, 0.1) is 5.92 Å². The van der Waals surface area contributed by atoms with Crippen molar-refractivity contribution in [2.75, 3.05) is 32.2 Å². The second kappa shape index (κ2) is 12.6. The lowest BCUT2D eigenvalue weighted by Gasteiger charge is -2.13. The number of hydrogen-bond donors (Lipinski definition) is 1. The molecule has 0 spiro atoms. The first-order valence-corrected chi connectivity index (χ1v) is 12.6. The van der Waals surface area contributed by atoms with Crippen molar-refractivity contribution in [3.05, 3.63) is 57.5 Å². The molecule has 3 amide bonds. The van der Waals surface area contributed by atoms with Crippen LogP contribution < -0.4 is 14.8 Å². The molecule has 1 saturated heterocycles. The summed E-state index contributed by atoms with van der Waals surface area (Å²) in [6.45, 7) is 5.93. The van der Waals surface area contributed by atoms with Gasteiger partial charge in [-0.15, -0.1) is 0 Å². The number of hydrogen-bond acceptors (Lipinski definition) is 8. The summed E-state index contributed by atoms with van der Waals surface area (Å²) < 4.78 is 16.1. The summed E-state index contributed by atoms with van der Waals surface area (Å²) in [6, 6.07) is 9.51. The second-order valence-electron chi connectivity index (χ2n) is 8.35. The number of anilines is 1. The molecule has 3 rings (SSSR count). The molecule has 0 saturated carbocycles. The molecular weight excluding hydrogens is 520 g/mol. The number of halogens is 1. The minimum absolute atomic E-state index is 0.0893. The number of carbonyl (C=O) groups excluding carboxylic acids is 4. The molecule has 0 unspecified atom stereocenters. The number of nitrogens with zero attached hydrogens (tertiary/aromatic N) is 1. The predicted molar refractivity (Wildman–Crippen MR) is 142 cm³/mol. The maximum absolute atomic E-state index is 12.9. The molecule has 196 valence electrons. The first kappa shape index (κ1) is 28.1. The highest BCUT2D eigenvalue weighted by molar-refractivity contribution is 8.18. The predicted octanol–water partition coefficient (Wildman–Crippen LogP) is 5.24. The minimum atomic E-state index is -0.629. The quantitative estimate of drug-likeness (QED) is 0.318. The van der Waals surface area contributed by atoms with E-state index < -0.39 is 29.6 Å². The fourth-order valence-corrected chi connectivity index (χ4v) is 4.28. The van der Waals surface area contributed by atoms with Gasteiger partial charge in [0.15, 0.2) is 11.5 Å². The Morgan fingerprint density at radius 1 is 1.14 bits per heavy atom. The molecule has 2 aromatic rings. The number of nitrogens with one attached hydrogen (secondary N) is 1. The van der Waals surface area contributed by atoms with Crippen molar-refractivity contribution in [3.8, 4) is 11.5 Å². The summed E-state index contributed by atoms with van der Waals surface area (Å²) in [5.41, 5.74) is 0.995. The van der Waals surface area contributed by atoms with Gasteiger partial charge in [-0.25, -0.2) is 4.79 Å². The molecule has 1 fully saturated rings. The van der Waals surface area contributed by atoms with Crippen LogP contribution in [0.15, 0.2) is 41.3 Å². The highest BCUT2D eigenvalue weighted by atomic mass is 35.5. The average Bonchev–Trinajstić information content (AvgIpc) is 3.11. The van der Waals surface area contributed by atoms with Crippen LogP contribution in [-0.4, -0.2) is 54.8 Å². The number of rotatable bonds is 10. The van der Waals surface area contributed by atoms with Gasteiger partial charge in [0.25, 0.3) is 11.1 Å². The zero-order valence-corrected chi connectivity index (χ0v) is 22.4. The smallest absolute Gasteiger partial charge is 0.339 e. The molecule has 11 heteroatoms. The molecule has 0 bridgehead atoms. The van der Waals surface area contributed by atoms with E-state index in [2.05, 4.69) is 5.32 Å². The van der Waals surface area contributed by atoms with E-state index in [-0.39, 0.29) is 27.8 Å². The van der Waals surface area contributed by atoms with E-state index >= 15 is 0 Å². The van der Waals surface area contributed by atoms with E-state index in [4.69, 9.17) is 25.8 Å². The minimum Gasteiger partial charge on any atom is -0.493 e. The summed E-state index contributed by atoms with van der Waals surface area (Å²) in [5, 5.41) is 2.17. The van der Waals surface area contributed by atoms with E-state index in [0.29, 0.717) is 29.6 Å². The molecule has 0 aromatic heterocycles. The van der Waals surface area contributed by atoms with Crippen molar-refractivity contribution in [3.63, 3.8) is 0 Å². The number of benzene rings is 2. The summed E-state index contributed by atoms with van der Waals surface area (Å²) >= 11 is 6.78. The van der Waals surface area contributed by atoms with Gasteiger partial charge in [-0.3, -0.25) is 19.3 Å². The lowest BCUT2D eigenvalue weighted by molar-refractivity contribution is -0.127. The van der Waals surface area contributed by atoms with Crippen LogP contribution in [0.4, 0.5) is 10.5 Å². The van der Waals surface area contributed by atoms with Gasteiger partial charge in [0.05, 0.1) is 35.8 Å². The molecule has 37 heavy (non-hydrogen) atoms. The first-order chi connectivity index (χ1) is 17.6. The zero-order chi connectivity index (χ0) is 27.1. The van der Waals surface area contributed by atoms with Crippen LogP contribution in [0.1, 0.15) is 36.7 Å². The maximum atomic E-state index is 12.9. The molecule has 0 radical (unpaired) electrons. The number of imide groups is 1. The molecule has 0 aliphatic carbocycles. The Bertz CT molecular complexity index is 1250. The average molecular weight is 547 g/mol. The third-order valence-electron chi connectivity index (χ3n) is 4.98. The normalized spacial score (nSPS) is 14.3. The van der Waals surface area contributed by atoms with Gasteiger partial charge in [-0.1, -0.05) is 31.5 Å². The van der Waals surface area contributed by atoms with Crippen molar-refractivity contribution in [2.24, 2.45) is 5.92 Å². The van der Waals surface area contributed by atoms with Gasteiger partial charge < -0.3 is 19.5 Å². The SMILES string of the molecule is CCOC(=O)c1cc(NC(=O)CN2C(=O)S/C(=C\c3ccc(OCC(C)C)c(OC)c3)C2=O)ccc1Cl. The highest BCUT2D eigenvalue weighted by Crippen LogP contribution is 2.34. The number of methoxy groups -OCH3 is 1. The van der Waals surface area contributed by atoms with Crippen LogP contribution in [0.2, 0.25) is 5.02 Å². The third-order valence-corrected chi connectivity index (χ3v) is 6.22. The van der Waals surface area contributed by atoms with Crippen LogP contribution in [-0.2, 0) is 14.3 Å². The monoisotopic (exact) mass is 546 g/mol. The van der Waals surface area contributed by atoms with Crippen molar-refractivity contribution in [1.82, 2.24) is 4.90 Å². The van der Waals surface area contributed by atoms with Crippen molar-refractivity contribution in [1.29, 1.82) is 0 Å². The Kier molecular flexibility index (Phi) is 9.60. The summed E-state index contributed by atoms with van der Waals surface area (Å²) in [6.07, 6.45) is 1.56. The largest absolute Gasteiger partial charge is 0.493 e. The molecule has 1 N–H and O–H groups in total. The van der Waals surface area contributed by atoms with Gasteiger partial charge in [-0.2, -0.15) is 0 Å². The van der Waals surface area contributed by atoms with Crippen LogP contribution in [0.5, 0.6) is 11.5 Å². The van der Waals surface area contributed by atoms with E-state index in [1.807, 2.05) is 13.8 Å². The molecular formula is C26H27ClN2O7S. The third kappa shape index (κ3) is 7.27. The Labute approximate surface area is 224 Å². The highest BCUT2D eigenvalue weighted by Gasteiger charge is 2.36. The van der Waals surface area contributed by atoms with Gasteiger partial charge in [0.2, 0.25) is 5.91 Å². The fraction of sp³-hybridized carbons (Fsp3) is 0.308. The van der Waals surface area contributed by atoms with Crippen LogP contribution >= 0.6 is 23.4 Å². The zero-order valence-electron chi connectivity index (χ0n) is 20.8. The molecule has 0 atom stereocenters. The molecule has 2 aromatic carbocycles. The molecule has 9 nitrogen and oxygen atoms in total. The fourth-order valence-electron chi connectivity index (χ4n) is 3.25. The Morgan fingerprint density at radius 2 is 1.89 bits per heavy atom. The number of ether oxygens (including phenoxy) is 3. The van der Waals surface area contributed by atoms with Crippen molar-refractivity contribution >= 4 is 58.1 Å². The van der Waals surface area contributed by atoms with E-state index in [9.17, 15) is 19.2 Å². The summed E-state index contributed by atoms with van der Waals surface area (Å²) in [4.78, 5) is 51.0. The Morgan fingerprint density at radius 3 is 2.57 bits per heavy atom.